The van der Waals surface area contributed by atoms with E-state index in [-0.39, 0.29) is 42.7 Å². The minimum Gasteiger partial charge on any atom is -0.442 e. The molecular weight excluding hydrogens is 367 g/mol. The lowest BCUT2D eigenvalue weighted by Crippen LogP contribution is -2.33. The molecule has 2 aromatic rings. The fourth-order valence-corrected chi connectivity index (χ4v) is 2.96. The monoisotopic (exact) mass is 388 g/mol. The maximum Gasteiger partial charge on any atom is 0.414 e. The fraction of sp³-hybridized carbons (Fsp3) is 0.389. The Morgan fingerprint density at radius 3 is 2.93 bits per heavy atom. The lowest BCUT2D eigenvalue weighted by Gasteiger charge is -2.16. The second-order valence-corrected chi connectivity index (χ2v) is 6.62. The molecule has 1 saturated heterocycles. The van der Waals surface area contributed by atoms with Crippen molar-refractivity contribution in [3.05, 3.63) is 42.2 Å². The van der Waals surface area contributed by atoms with E-state index in [1.54, 1.807) is 17.1 Å². The van der Waals surface area contributed by atoms with Gasteiger partial charge in [0.1, 0.15) is 24.6 Å². The molecule has 0 spiro atoms. The van der Waals surface area contributed by atoms with Crippen LogP contribution in [0.4, 0.5) is 14.9 Å². The highest BCUT2D eigenvalue weighted by atomic mass is 19.1. The highest BCUT2D eigenvalue weighted by Gasteiger charge is 2.32. The Morgan fingerprint density at radius 2 is 2.29 bits per heavy atom. The molecule has 2 N–H and O–H groups in total. The first kappa shape index (κ1) is 19.5. The third-order valence-corrected chi connectivity index (χ3v) is 4.43. The fourth-order valence-electron chi connectivity index (χ4n) is 2.96. The van der Waals surface area contributed by atoms with Gasteiger partial charge in [-0.05, 0) is 25.1 Å². The predicted octanol–water partition coefficient (Wildman–Crippen LogP) is 1.90. The molecule has 3 rings (SSSR count). The first-order valence-corrected chi connectivity index (χ1v) is 8.79. The molecule has 1 aliphatic heterocycles. The van der Waals surface area contributed by atoms with Crippen LogP contribution in [0.1, 0.15) is 31.9 Å². The van der Waals surface area contributed by atoms with Crippen LogP contribution in [0.25, 0.3) is 0 Å². The molecule has 2 atom stereocenters. The minimum absolute atomic E-state index is 0.125. The molecule has 0 bridgehead atoms. The van der Waals surface area contributed by atoms with E-state index >= 15 is 0 Å². The molecular formula is C18H21FN6O3. The van der Waals surface area contributed by atoms with Crippen LogP contribution in [-0.4, -0.2) is 51.7 Å². The van der Waals surface area contributed by atoms with Crippen molar-refractivity contribution >= 4 is 23.4 Å². The Kier molecular flexibility index (Phi) is 5.67. The molecule has 0 saturated carbocycles. The van der Waals surface area contributed by atoms with Crippen LogP contribution in [0.3, 0.4) is 0 Å². The number of aromatic nitrogens is 3. The molecule has 1 fully saturated rings. The molecule has 2 heterocycles. The highest BCUT2D eigenvalue weighted by molar-refractivity contribution is 5.99. The second-order valence-electron chi connectivity index (χ2n) is 6.62. The number of hydrogen-bond donors (Lipinski definition) is 2. The minimum atomic E-state index is -0.600. The highest BCUT2D eigenvalue weighted by Crippen LogP contribution is 2.25. The molecule has 0 radical (unpaired) electrons. The molecule has 0 aliphatic carbocycles. The normalized spacial score (nSPS) is 17.3. The number of benzene rings is 1. The van der Waals surface area contributed by atoms with Gasteiger partial charge in [-0.15, -0.1) is 0 Å². The summed E-state index contributed by atoms with van der Waals surface area (Å²) in [5.74, 6) is -0.810. The topological polar surface area (TPSA) is 113 Å². The number of nitrogens with one attached hydrogen (secondary N) is 2. The maximum absolute atomic E-state index is 14.6. The summed E-state index contributed by atoms with van der Waals surface area (Å²) in [5, 5.41) is 14.8. The Hall–Kier alpha value is -3.30. The summed E-state index contributed by atoms with van der Waals surface area (Å²) in [5.41, 5.74) is 0.631. The Balaban J connectivity index is 1.67. The predicted molar refractivity (Wildman–Crippen MR) is 98.9 cm³/mol. The summed E-state index contributed by atoms with van der Waals surface area (Å²) in [6.07, 6.45) is 2.14. The lowest BCUT2D eigenvalue weighted by atomic mass is 10.0. The zero-order valence-corrected chi connectivity index (χ0v) is 15.6. The number of rotatable bonds is 7. The van der Waals surface area contributed by atoms with Gasteiger partial charge in [0.15, 0.2) is 0 Å². The smallest absolute Gasteiger partial charge is 0.414 e. The van der Waals surface area contributed by atoms with Crippen molar-refractivity contribution in [2.24, 2.45) is 0 Å². The van der Waals surface area contributed by atoms with Crippen LogP contribution >= 0.6 is 0 Å². The second kappa shape index (κ2) is 8.15. The van der Waals surface area contributed by atoms with Gasteiger partial charge in [-0.3, -0.25) is 9.69 Å². The van der Waals surface area contributed by atoms with Crippen molar-refractivity contribution in [3.63, 3.8) is 0 Å². The molecule has 1 aromatic carbocycles. The molecule has 1 aromatic heterocycles. The van der Waals surface area contributed by atoms with Crippen LogP contribution < -0.4 is 10.2 Å². The van der Waals surface area contributed by atoms with E-state index in [4.69, 9.17) is 10.1 Å². The first-order valence-electron chi connectivity index (χ1n) is 8.79. The van der Waals surface area contributed by atoms with Crippen LogP contribution in [-0.2, 0) is 9.53 Å². The maximum atomic E-state index is 14.6. The van der Waals surface area contributed by atoms with Gasteiger partial charge in [0, 0.05) is 24.6 Å². The summed E-state index contributed by atoms with van der Waals surface area (Å²) < 4.78 is 21.4. The summed E-state index contributed by atoms with van der Waals surface area (Å²) in [7, 11) is 0. The lowest BCUT2D eigenvalue weighted by molar-refractivity contribution is -0.119. The van der Waals surface area contributed by atoms with Crippen LogP contribution in [0.2, 0.25) is 0 Å². The van der Waals surface area contributed by atoms with Crippen molar-refractivity contribution in [2.45, 2.75) is 32.4 Å². The van der Waals surface area contributed by atoms with Crippen molar-refractivity contribution in [1.82, 2.24) is 20.1 Å². The van der Waals surface area contributed by atoms with E-state index in [9.17, 15) is 14.0 Å². The number of amides is 2. The van der Waals surface area contributed by atoms with Gasteiger partial charge >= 0.3 is 6.09 Å². The molecule has 0 unspecified atom stereocenters. The van der Waals surface area contributed by atoms with Crippen molar-refractivity contribution in [1.29, 1.82) is 5.41 Å². The number of ether oxygens (including phenoxy) is 1. The Morgan fingerprint density at radius 1 is 1.50 bits per heavy atom. The number of carbonyl (C=O) groups is 2. The average molecular weight is 388 g/mol. The van der Waals surface area contributed by atoms with E-state index in [0.717, 1.165) is 0 Å². The summed E-state index contributed by atoms with van der Waals surface area (Å²) in [4.78, 5) is 28.2. The summed E-state index contributed by atoms with van der Waals surface area (Å²) >= 11 is 0. The third kappa shape index (κ3) is 4.33. The van der Waals surface area contributed by atoms with E-state index in [0.29, 0.717) is 5.69 Å². The third-order valence-electron chi connectivity index (χ3n) is 4.43. The van der Waals surface area contributed by atoms with Gasteiger partial charge in [-0.25, -0.2) is 18.9 Å². The standard InChI is InChI=1S/C18H21FN6O3/c1-11(25-10-21-9-23-25)5-17(20)15-4-3-13(6-16(15)19)24-8-14(28-18(24)27)7-22-12(2)26/h3-4,6,9-11,14,20H,5,7-8H2,1-2H3,(H,22,26)/t11-,14-/m0/s1. The van der Waals surface area contributed by atoms with Crippen LogP contribution in [0.5, 0.6) is 0 Å². The molecule has 28 heavy (non-hydrogen) atoms. The molecule has 148 valence electrons. The van der Waals surface area contributed by atoms with Crippen molar-refractivity contribution < 1.29 is 18.7 Å². The zero-order chi connectivity index (χ0) is 20.3. The largest absolute Gasteiger partial charge is 0.442 e. The SMILES string of the molecule is CC(=O)NC[C@H]1CN(c2ccc(C(=N)C[C@H](C)n3cncn3)c(F)c2)C(=O)O1. The number of anilines is 1. The summed E-state index contributed by atoms with van der Waals surface area (Å²) in [6.45, 7) is 3.65. The number of cyclic esters (lactones) is 1. The van der Waals surface area contributed by atoms with Gasteiger partial charge in [0.05, 0.1) is 24.8 Å². The van der Waals surface area contributed by atoms with Crippen molar-refractivity contribution in [2.75, 3.05) is 18.0 Å². The molecule has 2 amide bonds. The number of carbonyl (C=O) groups excluding carboxylic acids is 2. The van der Waals surface area contributed by atoms with Gasteiger partial charge in [0.25, 0.3) is 0 Å². The van der Waals surface area contributed by atoms with Gasteiger partial charge in [-0.2, -0.15) is 5.10 Å². The van der Waals surface area contributed by atoms with Gasteiger partial charge in [0.2, 0.25) is 5.91 Å². The number of hydrogen-bond acceptors (Lipinski definition) is 6. The van der Waals surface area contributed by atoms with E-state index in [1.807, 2.05) is 6.92 Å². The number of nitrogens with zero attached hydrogens (tertiary/aromatic N) is 4. The van der Waals surface area contributed by atoms with Crippen LogP contribution in [0, 0.1) is 11.2 Å². The van der Waals surface area contributed by atoms with Crippen LogP contribution in [0.15, 0.2) is 30.9 Å². The van der Waals surface area contributed by atoms with E-state index in [2.05, 4.69) is 15.4 Å². The van der Waals surface area contributed by atoms with Gasteiger partial charge < -0.3 is 15.5 Å². The zero-order valence-electron chi connectivity index (χ0n) is 15.6. The van der Waals surface area contributed by atoms with Crippen molar-refractivity contribution in [3.8, 4) is 0 Å². The Bertz CT molecular complexity index is 885. The van der Waals surface area contributed by atoms with E-state index < -0.39 is 18.0 Å². The average Bonchev–Trinajstić information content (AvgIpc) is 3.29. The summed E-state index contributed by atoms with van der Waals surface area (Å²) in [6, 6.07) is 4.13. The molecule has 9 nitrogen and oxygen atoms in total. The molecule has 10 heteroatoms. The Labute approximate surface area is 161 Å². The molecule has 1 aliphatic rings. The first-order chi connectivity index (χ1) is 13.3. The quantitative estimate of drug-likeness (QED) is 0.704. The number of halogens is 1. The van der Waals surface area contributed by atoms with Gasteiger partial charge in [-0.1, -0.05) is 0 Å². The van der Waals surface area contributed by atoms with E-state index in [1.165, 1.54) is 30.3 Å².